The Labute approximate surface area is 205 Å². The summed E-state index contributed by atoms with van der Waals surface area (Å²) in [6.45, 7) is 0.822. The first-order valence-corrected chi connectivity index (χ1v) is 12.3. The van der Waals surface area contributed by atoms with Gasteiger partial charge in [0.25, 0.3) is 15.6 Å². The Balaban J connectivity index is 1.69. The second-order valence-electron chi connectivity index (χ2n) is 7.34. The smallest absolute Gasteiger partial charge is 0.369 e. The number of hydrogen-bond acceptors (Lipinski definition) is 5. The molecule has 0 radical (unpaired) electrons. The quantitative estimate of drug-likeness (QED) is 0.305. The third-order valence-corrected chi connectivity index (χ3v) is 7.99. The SMILES string of the molecule is O=S(=O)(Nc1ccc(C(O)(C(F)(F)F)C(F)(F)F)cc1)c1ccc(CNCc2cccc(Cl)c2)s1. The zero-order valence-electron chi connectivity index (χ0n) is 17.4. The van der Waals surface area contributed by atoms with Gasteiger partial charge in [0.05, 0.1) is 0 Å². The highest BCUT2D eigenvalue weighted by Crippen LogP contribution is 2.50. The van der Waals surface area contributed by atoms with Crippen LogP contribution in [0, 0.1) is 0 Å². The molecule has 0 spiro atoms. The van der Waals surface area contributed by atoms with Gasteiger partial charge < -0.3 is 10.4 Å². The number of aliphatic hydroxyl groups is 1. The molecular formula is C21H17ClF6N2O3S2. The van der Waals surface area contributed by atoms with E-state index in [9.17, 15) is 39.9 Å². The van der Waals surface area contributed by atoms with Crippen molar-refractivity contribution >= 4 is 38.6 Å². The number of hydrogen-bond donors (Lipinski definition) is 3. The van der Waals surface area contributed by atoms with Crippen LogP contribution in [0.1, 0.15) is 16.0 Å². The standard InChI is InChI=1S/C21H17ClF6N2O3S2/c22-15-3-1-2-13(10-15)11-29-12-17-8-9-18(34-17)35(32,33)30-16-6-4-14(5-7-16)19(31,20(23,24)25)21(26,27)28/h1-10,29-31H,11-12H2. The van der Waals surface area contributed by atoms with Crippen LogP contribution in [0.25, 0.3) is 0 Å². The van der Waals surface area contributed by atoms with E-state index in [2.05, 4.69) is 10.0 Å². The zero-order chi connectivity index (χ0) is 26.1. The summed E-state index contributed by atoms with van der Waals surface area (Å²) in [5.41, 5.74) is -5.95. The van der Waals surface area contributed by atoms with E-state index < -0.39 is 33.5 Å². The number of nitrogens with one attached hydrogen (secondary N) is 2. The van der Waals surface area contributed by atoms with Gasteiger partial charge in [-0.25, -0.2) is 8.42 Å². The van der Waals surface area contributed by atoms with Crippen LogP contribution in [0.3, 0.4) is 0 Å². The van der Waals surface area contributed by atoms with Crippen LogP contribution in [-0.4, -0.2) is 25.9 Å². The molecule has 1 heterocycles. The number of anilines is 1. The molecule has 0 aliphatic rings. The third kappa shape index (κ3) is 6.09. The molecule has 0 aliphatic carbocycles. The average molecular weight is 559 g/mol. The Morgan fingerprint density at radius 3 is 2.09 bits per heavy atom. The molecule has 0 saturated heterocycles. The Morgan fingerprint density at radius 2 is 1.51 bits per heavy atom. The Kier molecular flexibility index (Phi) is 7.77. The minimum Gasteiger partial charge on any atom is -0.369 e. The van der Waals surface area contributed by atoms with E-state index in [0.717, 1.165) is 16.9 Å². The molecule has 0 amide bonds. The average Bonchev–Trinajstić information content (AvgIpc) is 3.22. The van der Waals surface area contributed by atoms with Gasteiger partial charge in [-0.2, -0.15) is 26.3 Å². The Hall–Kier alpha value is -2.32. The van der Waals surface area contributed by atoms with Gasteiger partial charge in [0, 0.05) is 34.2 Å². The van der Waals surface area contributed by atoms with Crippen molar-refractivity contribution < 1.29 is 39.9 Å². The lowest BCUT2D eigenvalue weighted by molar-refractivity contribution is -0.376. The fourth-order valence-corrected chi connectivity index (χ4v) is 5.64. The van der Waals surface area contributed by atoms with Crippen molar-refractivity contribution in [1.29, 1.82) is 0 Å². The summed E-state index contributed by atoms with van der Waals surface area (Å²) in [5, 5.41) is 13.1. The highest BCUT2D eigenvalue weighted by molar-refractivity contribution is 7.94. The number of thiophene rings is 1. The van der Waals surface area contributed by atoms with Crippen LogP contribution in [0.15, 0.2) is 64.9 Å². The lowest BCUT2D eigenvalue weighted by Crippen LogP contribution is -2.53. The molecule has 14 heteroatoms. The molecule has 0 atom stereocenters. The fourth-order valence-electron chi connectivity index (χ4n) is 3.05. The van der Waals surface area contributed by atoms with Gasteiger partial charge in [-0.1, -0.05) is 35.9 Å². The van der Waals surface area contributed by atoms with Crippen molar-refractivity contribution in [3.8, 4) is 0 Å². The molecule has 35 heavy (non-hydrogen) atoms. The first-order valence-electron chi connectivity index (χ1n) is 9.66. The van der Waals surface area contributed by atoms with Gasteiger partial charge in [0.1, 0.15) is 4.21 Å². The summed E-state index contributed by atoms with van der Waals surface area (Å²) in [7, 11) is -4.16. The first-order chi connectivity index (χ1) is 16.1. The van der Waals surface area contributed by atoms with Crippen molar-refractivity contribution in [2.24, 2.45) is 0 Å². The van der Waals surface area contributed by atoms with Crippen LogP contribution < -0.4 is 10.0 Å². The van der Waals surface area contributed by atoms with Crippen molar-refractivity contribution in [2.45, 2.75) is 35.3 Å². The minimum absolute atomic E-state index is 0.108. The maximum absolute atomic E-state index is 13.0. The zero-order valence-corrected chi connectivity index (χ0v) is 19.8. The normalized spacial score (nSPS) is 13.1. The van der Waals surface area contributed by atoms with E-state index in [0.29, 0.717) is 47.3 Å². The second-order valence-corrected chi connectivity index (χ2v) is 10.9. The lowest BCUT2D eigenvalue weighted by atomic mass is 9.92. The van der Waals surface area contributed by atoms with Gasteiger partial charge in [-0.15, -0.1) is 11.3 Å². The predicted octanol–water partition coefficient (Wildman–Crippen LogP) is 5.80. The Morgan fingerprint density at radius 1 is 0.886 bits per heavy atom. The largest absolute Gasteiger partial charge is 0.430 e. The minimum atomic E-state index is -6.04. The van der Waals surface area contributed by atoms with Crippen LogP contribution in [0.2, 0.25) is 5.02 Å². The van der Waals surface area contributed by atoms with Gasteiger partial charge >= 0.3 is 12.4 Å². The lowest BCUT2D eigenvalue weighted by Gasteiger charge is -2.32. The van der Waals surface area contributed by atoms with E-state index in [1.54, 1.807) is 24.3 Å². The molecule has 3 aromatic rings. The third-order valence-electron chi connectivity index (χ3n) is 4.79. The molecule has 0 aliphatic heterocycles. The monoisotopic (exact) mass is 558 g/mol. The first kappa shape index (κ1) is 27.3. The summed E-state index contributed by atoms with van der Waals surface area (Å²) in [5.74, 6) is 0. The van der Waals surface area contributed by atoms with E-state index >= 15 is 0 Å². The number of sulfonamides is 1. The maximum atomic E-state index is 13.0. The molecular weight excluding hydrogens is 542 g/mol. The van der Waals surface area contributed by atoms with E-state index in [1.807, 2.05) is 6.07 Å². The van der Waals surface area contributed by atoms with Gasteiger partial charge in [0.15, 0.2) is 0 Å². The summed E-state index contributed by atoms with van der Waals surface area (Å²) >= 11 is 6.85. The summed E-state index contributed by atoms with van der Waals surface area (Å²) in [6, 6.07) is 12.2. The van der Waals surface area contributed by atoms with Crippen LogP contribution in [0.5, 0.6) is 0 Å². The van der Waals surface area contributed by atoms with E-state index in [4.69, 9.17) is 11.6 Å². The highest BCUT2D eigenvalue weighted by Gasteiger charge is 2.71. The highest BCUT2D eigenvalue weighted by atomic mass is 35.5. The summed E-state index contributed by atoms with van der Waals surface area (Å²) in [4.78, 5) is 0.670. The second kappa shape index (κ2) is 9.97. The molecule has 0 saturated carbocycles. The predicted molar refractivity (Wildman–Crippen MR) is 120 cm³/mol. The van der Waals surface area contributed by atoms with Crippen molar-refractivity contribution in [3.63, 3.8) is 0 Å². The maximum Gasteiger partial charge on any atom is 0.430 e. The van der Waals surface area contributed by atoms with Crippen LogP contribution in [0.4, 0.5) is 32.0 Å². The molecule has 0 bridgehead atoms. The molecule has 1 aromatic heterocycles. The molecule has 3 N–H and O–H groups in total. The number of alkyl halides is 6. The molecule has 3 rings (SSSR count). The van der Waals surface area contributed by atoms with E-state index in [-0.39, 0.29) is 9.90 Å². The van der Waals surface area contributed by atoms with Gasteiger partial charge in [-0.05, 0) is 42.0 Å². The fraction of sp³-hybridized carbons (Fsp3) is 0.238. The van der Waals surface area contributed by atoms with Crippen molar-refractivity contribution in [3.05, 3.63) is 81.7 Å². The van der Waals surface area contributed by atoms with Gasteiger partial charge in [0.2, 0.25) is 0 Å². The molecule has 190 valence electrons. The van der Waals surface area contributed by atoms with E-state index in [1.165, 1.54) is 6.07 Å². The molecule has 0 fully saturated rings. The molecule has 0 unspecified atom stereocenters. The van der Waals surface area contributed by atoms with Crippen molar-refractivity contribution in [2.75, 3.05) is 4.72 Å². The molecule has 2 aromatic carbocycles. The van der Waals surface area contributed by atoms with Crippen LogP contribution >= 0.6 is 22.9 Å². The van der Waals surface area contributed by atoms with Crippen LogP contribution in [-0.2, 0) is 28.7 Å². The number of rotatable bonds is 8. The molecule has 5 nitrogen and oxygen atoms in total. The topological polar surface area (TPSA) is 78.4 Å². The Bertz CT molecular complexity index is 1260. The number of halogens is 7. The number of benzene rings is 2. The van der Waals surface area contributed by atoms with Crippen molar-refractivity contribution in [1.82, 2.24) is 5.32 Å². The van der Waals surface area contributed by atoms with Gasteiger partial charge in [-0.3, -0.25) is 4.72 Å². The summed E-state index contributed by atoms with van der Waals surface area (Å²) < 4.78 is 105. The summed E-state index contributed by atoms with van der Waals surface area (Å²) in [6.07, 6.45) is -12.1.